The standard InChI is InChI=1S/C15H18N2OS/c1-4-13-16-14(10(3)15(19)17-13)11-7-6-8-12(9-11)18-5-2/h6-9H,4-5H2,1-3H3,(H,16,17,19). The molecule has 2 rings (SSSR count). The molecule has 100 valence electrons. The van der Waals surface area contributed by atoms with E-state index in [0.717, 1.165) is 34.8 Å². The summed E-state index contributed by atoms with van der Waals surface area (Å²) in [6, 6.07) is 8.02. The van der Waals surface area contributed by atoms with Crippen LogP contribution in [0.25, 0.3) is 11.3 Å². The fourth-order valence-electron chi connectivity index (χ4n) is 1.94. The number of hydrogen-bond acceptors (Lipinski definition) is 3. The minimum absolute atomic E-state index is 0.660. The lowest BCUT2D eigenvalue weighted by Crippen LogP contribution is -1.99. The van der Waals surface area contributed by atoms with Crippen LogP contribution in [0.2, 0.25) is 0 Å². The van der Waals surface area contributed by atoms with E-state index in [2.05, 4.69) is 23.0 Å². The van der Waals surface area contributed by atoms with E-state index in [1.54, 1.807) is 0 Å². The number of ether oxygens (including phenoxy) is 1. The molecule has 1 N–H and O–H groups in total. The molecule has 0 saturated heterocycles. The topological polar surface area (TPSA) is 37.9 Å². The van der Waals surface area contributed by atoms with Crippen molar-refractivity contribution in [3.63, 3.8) is 0 Å². The maximum absolute atomic E-state index is 5.54. The lowest BCUT2D eigenvalue weighted by molar-refractivity contribution is 0.340. The van der Waals surface area contributed by atoms with Crippen LogP contribution in [0.15, 0.2) is 24.3 Å². The number of nitrogens with zero attached hydrogens (tertiary/aromatic N) is 1. The van der Waals surface area contributed by atoms with Crippen LogP contribution in [-0.4, -0.2) is 16.6 Å². The maximum Gasteiger partial charge on any atom is 0.133 e. The van der Waals surface area contributed by atoms with E-state index >= 15 is 0 Å². The molecule has 3 nitrogen and oxygen atoms in total. The van der Waals surface area contributed by atoms with Crippen LogP contribution in [0.1, 0.15) is 25.2 Å². The van der Waals surface area contributed by atoms with Crippen LogP contribution in [0, 0.1) is 11.6 Å². The molecule has 0 radical (unpaired) electrons. The zero-order valence-electron chi connectivity index (χ0n) is 11.5. The molecule has 0 atom stereocenters. The van der Waals surface area contributed by atoms with Crippen molar-refractivity contribution in [2.75, 3.05) is 6.61 Å². The van der Waals surface area contributed by atoms with Crippen LogP contribution in [0.5, 0.6) is 5.75 Å². The van der Waals surface area contributed by atoms with Crippen LogP contribution in [0.3, 0.4) is 0 Å². The van der Waals surface area contributed by atoms with E-state index in [1.807, 2.05) is 32.0 Å². The Morgan fingerprint density at radius 2 is 2.11 bits per heavy atom. The van der Waals surface area contributed by atoms with Gasteiger partial charge in [-0.1, -0.05) is 31.3 Å². The Morgan fingerprint density at radius 1 is 1.32 bits per heavy atom. The van der Waals surface area contributed by atoms with Gasteiger partial charge in [0.15, 0.2) is 0 Å². The number of aromatic amines is 1. The van der Waals surface area contributed by atoms with Crippen molar-refractivity contribution in [1.29, 1.82) is 0 Å². The molecule has 2 aromatic rings. The molecule has 0 aliphatic carbocycles. The molecule has 4 heteroatoms. The summed E-state index contributed by atoms with van der Waals surface area (Å²) in [5, 5.41) is 0. The molecule has 0 fully saturated rings. The molecule has 0 unspecified atom stereocenters. The third-order valence-corrected chi connectivity index (χ3v) is 3.37. The van der Waals surface area contributed by atoms with Crippen molar-refractivity contribution >= 4 is 12.2 Å². The SMILES string of the molecule is CCOc1cccc(-c2[nH]c(CC)nc(=S)c2C)c1. The summed E-state index contributed by atoms with van der Waals surface area (Å²) in [5.74, 6) is 1.78. The summed E-state index contributed by atoms with van der Waals surface area (Å²) in [6.07, 6.45) is 0.835. The highest BCUT2D eigenvalue weighted by molar-refractivity contribution is 7.71. The van der Waals surface area contributed by atoms with Gasteiger partial charge in [-0.15, -0.1) is 0 Å². The molecule has 1 aromatic heterocycles. The first-order valence-electron chi connectivity index (χ1n) is 6.48. The molecular weight excluding hydrogens is 256 g/mol. The maximum atomic E-state index is 5.54. The first-order valence-corrected chi connectivity index (χ1v) is 6.89. The first-order chi connectivity index (χ1) is 9.15. The summed E-state index contributed by atoms with van der Waals surface area (Å²) >= 11 is 5.32. The number of rotatable bonds is 4. The third kappa shape index (κ3) is 3.01. The largest absolute Gasteiger partial charge is 0.494 e. The van der Waals surface area contributed by atoms with Gasteiger partial charge < -0.3 is 9.72 Å². The predicted molar refractivity (Wildman–Crippen MR) is 80.1 cm³/mol. The van der Waals surface area contributed by atoms with E-state index in [1.165, 1.54) is 0 Å². The summed E-state index contributed by atoms with van der Waals surface area (Å²) in [7, 11) is 0. The number of hydrogen-bond donors (Lipinski definition) is 1. The average molecular weight is 274 g/mol. The fraction of sp³-hybridized carbons (Fsp3) is 0.333. The molecule has 19 heavy (non-hydrogen) atoms. The number of aromatic nitrogens is 2. The third-order valence-electron chi connectivity index (χ3n) is 2.97. The minimum atomic E-state index is 0.660. The van der Waals surface area contributed by atoms with Gasteiger partial charge in [0.25, 0.3) is 0 Å². The van der Waals surface area contributed by atoms with E-state index in [4.69, 9.17) is 17.0 Å². The molecule has 0 amide bonds. The van der Waals surface area contributed by atoms with E-state index in [0.29, 0.717) is 11.2 Å². The van der Waals surface area contributed by atoms with Gasteiger partial charge in [0.1, 0.15) is 16.2 Å². The molecular formula is C15H18N2OS. The quantitative estimate of drug-likeness (QED) is 0.854. The molecule has 0 aliphatic heterocycles. The average Bonchev–Trinajstić information content (AvgIpc) is 2.42. The predicted octanol–water partition coefficient (Wildman–Crippen LogP) is 4.08. The van der Waals surface area contributed by atoms with E-state index in [-0.39, 0.29) is 0 Å². The molecule has 0 spiro atoms. The normalized spacial score (nSPS) is 10.5. The Morgan fingerprint density at radius 3 is 2.79 bits per heavy atom. The highest BCUT2D eigenvalue weighted by Gasteiger charge is 2.07. The van der Waals surface area contributed by atoms with Crippen molar-refractivity contribution in [3.05, 3.63) is 40.3 Å². The molecule has 0 bridgehead atoms. The molecule has 0 saturated carbocycles. The van der Waals surface area contributed by atoms with Crippen LogP contribution < -0.4 is 4.74 Å². The van der Waals surface area contributed by atoms with Crippen LogP contribution in [-0.2, 0) is 6.42 Å². The summed E-state index contributed by atoms with van der Waals surface area (Å²) in [5.41, 5.74) is 3.10. The summed E-state index contributed by atoms with van der Waals surface area (Å²) in [4.78, 5) is 7.72. The second-order valence-electron chi connectivity index (χ2n) is 4.30. The Kier molecular flexibility index (Phi) is 4.32. The van der Waals surface area contributed by atoms with Gasteiger partial charge in [0, 0.05) is 17.5 Å². The zero-order chi connectivity index (χ0) is 13.8. The summed E-state index contributed by atoms with van der Waals surface area (Å²) < 4.78 is 6.20. The van der Waals surface area contributed by atoms with Crippen molar-refractivity contribution in [2.24, 2.45) is 0 Å². The molecule has 1 aromatic carbocycles. The molecule has 0 aliphatic rings. The Bertz CT molecular complexity index is 634. The Labute approximate surface area is 118 Å². The smallest absolute Gasteiger partial charge is 0.133 e. The van der Waals surface area contributed by atoms with Gasteiger partial charge in [-0.2, -0.15) is 0 Å². The zero-order valence-corrected chi connectivity index (χ0v) is 12.3. The van der Waals surface area contributed by atoms with Crippen molar-refractivity contribution in [1.82, 2.24) is 9.97 Å². The van der Waals surface area contributed by atoms with Gasteiger partial charge in [-0.25, -0.2) is 4.98 Å². The second kappa shape index (κ2) is 5.97. The number of aryl methyl sites for hydroxylation is 1. The second-order valence-corrected chi connectivity index (χ2v) is 4.69. The minimum Gasteiger partial charge on any atom is -0.494 e. The Balaban J connectivity index is 2.54. The number of nitrogens with one attached hydrogen (secondary N) is 1. The van der Waals surface area contributed by atoms with Crippen LogP contribution in [0.4, 0.5) is 0 Å². The van der Waals surface area contributed by atoms with Gasteiger partial charge >= 0.3 is 0 Å². The number of benzene rings is 1. The van der Waals surface area contributed by atoms with Gasteiger partial charge in [-0.3, -0.25) is 0 Å². The van der Waals surface area contributed by atoms with Gasteiger partial charge in [0.2, 0.25) is 0 Å². The van der Waals surface area contributed by atoms with Crippen molar-refractivity contribution < 1.29 is 4.74 Å². The lowest BCUT2D eigenvalue weighted by atomic mass is 10.1. The van der Waals surface area contributed by atoms with Gasteiger partial charge in [-0.05, 0) is 26.0 Å². The lowest BCUT2D eigenvalue weighted by Gasteiger charge is -2.10. The van der Waals surface area contributed by atoms with Crippen molar-refractivity contribution in [2.45, 2.75) is 27.2 Å². The number of H-pyrrole nitrogens is 1. The summed E-state index contributed by atoms with van der Waals surface area (Å²) in [6.45, 7) is 6.69. The van der Waals surface area contributed by atoms with E-state index < -0.39 is 0 Å². The van der Waals surface area contributed by atoms with Crippen molar-refractivity contribution in [3.8, 4) is 17.0 Å². The highest BCUT2D eigenvalue weighted by Crippen LogP contribution is 2.25. The monoisotopic (exact) mass is 274 g/mol. The highest BCUT2D eigenvalue weighted by atomic mass is 32.1. The molecule has 1 heterocycles. The van der Waals surface area contributed by atoms with Crippen LogP contribution >= 0.6 is 12.2 Å². The first kappa shape index (κ1) is 13.7. The fourth-order valence-corrected chi connectivity index (χ4v) is 2.16. The van der Waals surface area contributed by atoms with E-state index in [9.17, 15) is 0 Å². The Hall–Kier alpha value is -1.68. The van der Waals surface area contributed by atoms with Gasteiger partial charge in [0.05, 0.1) is 12.3 Å².